The van der Waals surface area contributed by atoms with Crippen molar-refractivity contribution in [3.63, 3.8) is 0 Å². The van der Waals surface area contributed by atoms with Crippen LogP contribution in [0.2, 0.25) is 0 Å². The number of aromatic nitrogens is 2. The Labute approximate surface area is 143 Å². The van der Waals surface area contributed by atoms with Gasteiger partial charge in [0.1, 0.15) is 0 Å². The summed E-state index contributed by atoms with van der Waals surface area (Å²) < 4.78 is 0. The Morgan fingerprint density at radius 2 is 1.83 bits per heavy atom. The molecule has 0 spiro atoms. The number of hydrogen-bond acceptors (Lipinski definition) is 5. The van der Waals surface area contributed by atoms with Gasteiger partial charge in [0.05, 0.1) is 6.10 Å². The second-order valence-electron chi connectivity index (χ2n) is 6.92. The first-order valence-electron chi connectivity index (χ1n) is 8.75. The molecule has 0 aliphatic carbocycles. The number of aliphatic hydroxyl groups excluding tert-OH is 1. The predicted octanol–water partition coefficient (Wildman–Crippen LogP) is 2.09. The SMILES string of the molecule is CN1CCc2c(cccc2-c2cnc(N3CCC(O)CC3)nc2)C1. The fourth-order valence-electron chi connectivity index (χ4n) is 3.71. The lowest BCUT2D eigenvalue weighted by Gasteiger charge is -2.29. The van der Waals surface area contributed by atoms with Gasteiger partial charge in [-0.1, -0.05) is 18.2 Å². The molecule has 2 aliphatic rings. The third kappa shape index (κ3) is 3.01. The Hall–Kier alpha value is -1.98. The van der Waals surface area contributed by atoms with Crippen LogP contribution in [0.15, 0.2) is 30.6 Å². The summed E-state index contributed by atoms with van der Waals surface area (Å²) in [5.74, 6) is 0.773. The quantitative estimate of drug-likeness (QED) is 0.917. The summed E-state index contributed by atoms with van der Waals surface area (Å²) in [6.45, 7) is 3.76. The van der Waals surface area contributed by atoms with Gasteiger partial charge >= 0.3 is 0 Å². The number of anilines is 1. The molecule has 2 aliphatic heterocycles. The van der Waals surface area contributed by atoms with Crippen molar-refractivity contribution in [1.82, 2.24) is 14.9 Å². The van der Waals surface area contributed by atoms with E-state index < -0.39 is 0 Å². The first-order valence-corrected chi connectivity index (χ1v) is 8.75. The van der Waals surface area contributed by atoms with E-state index in [0.29, 0.717) is 0 Å². The molecule has 3 heterocycles. The van der Waals surface area contributed by atoms with E-state index in [2.05, 4.69) is 45.0 Å². The fourth-order valence-corrected chi connectivity index (χ4v) is 3.71. The molecule has 126 valence electrons. The highest BCUT2D eigenvalue weighted by Crippen LogP contribution is 2.30. The van der Waals surface area contributed by atoms with Crippen LogP contribution in [0.4, 0.5) is 5.95 Å². The number of rotatable bonds is 2. The minimum absolute atomic E-state index is 0.172. The topological polar surface area (TPSA) is 52.5 Å². The summed E-state index contributed by atoms with van der Waals surface area (Å²) in [4.78, 5) is 13.7. The Bertz CT molecular complexity index is 708. The van der Waals surface area contributed by atoms with E-state index >= 15 is 0 Å². The maximum atomic E-state index is 9.63. The molecule has 1 fully saturated rings. The molecule has 0 unspecified atom stereocenters. The zero-order chi connectivity index (χ0) is 16.5. The molecule has 0 bridgehead atoms. The van der Waals surface area contributed by atoms with Crippen LogP contribution in [0.3, 0.4) is 0 Å². The van der Waals surface area contributed by atoms with Crippen molar-refractivity contribution >= 4 is 5.95 Å². The number of aliphatic hydroxyl groups is 1. The Morgan fingerprint density at radius 3 is 2.58 bits per heavy atom. The van der Waals surface area contributed by atoms with Crippen molar-refractivity contribution in [1.29, 1.82) is 0 Å². The van der Waals surface area contributed by atoms with Crippen molar-refractivity contribution in [3.05, 3.63) is 41.7 Å². The van der Waals surface area contributed by atoms with Gasteiger partial charge in [0, 0.05) is 44.1 Å². The molecule has 0 amide bonds. The Morgan fingerprint density at radius 1 is 1.08 bits per heavy atom. The van der Waals surface area contributed by atoms with Crippen molar-refractivity contribution in [3.8, 4) is 11.1 Å². The van der Waals surface area contributed by atoms with E-state index in [-0.39, 0.29) is 6.10 Å². The first kappa shape index (κ1) is 15.5. The number of hydrogen-bond donors (Lipinski definition) is 1. The van der Waals surface area contributed by atoms with Gasteiger partial charge in [-0.15, -0.1) is 0 Å². The van der Waals surface area contributed by atoms with Crippen molar-refractivity contribution in [2.75, 3.05) is 31.6 Å². The minimum atomic E-state index is -0.172. The van der Waals surface area contributed by atoms with Gasteiger partial charge in [-0.05, 0) is 43.0 Å². The molecule has 0 radical (unpaired) electrons. The van der Waals surface area contributed by atoms with Crippen LogP contribution in [0.1, 0.15) is 24.0 Å². The van der Waals surface area contributed by atoms with Gasteiger partial charge in [0.15, 0.2) is 0 Å². The van der Waals surface area contributed by atoms with E-state index in [1.807, 2.05) is 12.4 Å². The summed E-state index contributed by atoms with van der Waals surface area (Å²) in [6.07, 6.45) is 6.39. The lowest BCUT2D eigenvalue weighted by atomic mass is 9.92. The molecule has 5 heteroatoms. The first-order chi connectivity index (χ1) is 11.7. The van der Waals surface area contributed by atoms with E-state index in [4.69, 9.17) is 0 Å². The summed E-state index contributed by atoms with van der Waals surface area (Å²) in [7, 11) is 2.17. The van der Waals surface area contributed by atoms with Crippen LogP contribution < -0.4 is 4.90 Å². The smallest absolute Gasteiger partial charge is 0.225 e. The van der Waals surface area contributed by atoms with Gasteiger partial charge < -0.3 is 14.9 Å². The summed E-state index contributed by atoms with van der Waals surface area (Å²) in [5.41, 5.74) is 5.21. The molecule has 24 heavy (non-hydrogen) atoms. The number of nitrogens with zero attached hydrogens (tertiary/aromatic N) is 4. The number of fused-ring (bicyclic) bond motifs is 1. The molecule has 4 rings (SSSR count). The monoisotopic (exact) mass is 324 g/mol. The fraction of sp³-hybridized carbons (Fsp3) is 0.474. The molecule has 1 aromatic heterocycles. The zero-order valence-electron chi connectivity index (χ0n) is 14.1. The minimum Gasteiger partial charge on any atom is -0.393 e. The van der Waals surface area contributed by atoms with E-state index in [0.717, 1.165) is 57.0 Å². The average Bonchev–Trinajstić information content (AvgIpc) is 2.62. The standard InChI is InChI=1S/C19H24N4O/c1-22-8-7-18-14(13-22)3-2-4-17(18)15-11-20-19(21-12-15)23-9-5-16(24)6-10-23/h2-4,11-12,16,24H,5-10,13H2,1H3. The molecule has 1 N–H and O–H groups in total. The largest absolute Gasteiger partial charge is 0.393 e. The van der Waals surface area contributed by atoms with Crippen LogP contribution in [-0.2, 0) is 13.0 Å². The second kappa shape index (κ2) is 6.49. The van der Waals surface area contributed by atoms with Gasteiger partial charge in [0.25, 0.3) is 0 Å². The average molecular weight is 324 g/mol. The van der Waals surface area contributed by atoms with Gasteiger partial charge in [0.2, 0.25) is 5.95 Å². The highest BCUT2D eigenvalue weighted by Gasteiger charge is 2.20. The van der Waals surface area contributed by atoms with Crippen molar-refractivity contribution < 1.29 is 5.11 Å². The molecule has 2 aromatic rings. The number of piperidine rings is 1. The Balaban J connectivity index is 1.59. The van der Waals surface area contributed by atoms with Gasteiger partial charge in [-0.3, -0.25) is 0 Å². The van der Waals surface area contributed by atoms with Crippen LogP contribution >= 0.6 is 0 Å². The molecular formula is C19H24N4O. The highest BCUT2D eigenvalue weighted by molar-refractivity contribution is 5.68. The van der Waals surface area contributed by atoms with Crippen molar-refractivity contribution in [2.24, 2.45) is 0 Å². The van der Waals surface area contributed by atoms with E-state index in [1.54, 1.807) is 0 Å². The highest BCUT2D eigenvalue weighted by atomic mass is 16.3. The normalized spacial score (nSPS) is 19.3. The zero-order valence-corrected chi connectivity index (χ0v) is 14.1. The second-order valence-corrected chi connectivity index (χ2v) is 6.92. The van der Waals surface area contributed by atoms with Crippen LogP contribution in [0, 0.1) is 0 Å². The van der Waals surface area contributed by atoms with Crippen LogP contribution in [0.5, 0.6) is 0 Å². The van der Waals surface area contributed by atoms with E-state index in [9.17, 15) is 5.11 Å². The summed E-state index contributed by atoms with van der Waals surface area (Å²) in [6, 6.07) is 6.54. The Kier molecular flexibility index (Phi) is 4.21. The number of likely N-dealkylation sites (N-methyl/N-ethyl adjacent to an activating group) is 1. The van der Waals surface area contributed by atoms with Crippen LogP contribution in [0.25, 0.3) is 11.1 Å². The molecule has 1 aromatic carbocycles. The predicted molar refractivity (Wildman–Crippen MR) is 95.0 cm³/mol. The maximum Gasteiger partial charge on any atom is 0.225 e. The molecule has 5 nitrogen and oxygen atoms in total. The van der Waals surface area contributed by atoms with Crippen LogP contribution in [-0.4, -0.2) is 52.8 Å². The third-order valence-corrected chi connectivity index (χ3v) is 5.15. The maximum absolute atomic E-state index is 9.63. The van der Waals surface area contributed by atoms with Gasteiger partial charge in [-0.25, -0.2) is 9.97 Å². The third-order valence-electron chi connectivity index (χ3n) is 5.15. The number of benzene rings is 1. The van der Waals surface area contributed by atoms with Gasteiger partial charge in [-0.2, -0.15) is 0 Å². The molecule has 0 atom stereocenters. The summed E-state index contributed by atoms with van der Waals surface area (Å²) in [5, 5.41) is 9.63. The molecular weight excluding hydrogens is 300 g/mol. The van der Waals surface area contributed by atoms with E-state index in [1.165, 1.54) is 16.7 Å². The van der Waals surface area contributed by atoms with Crippen molar-refractivity contribution in [2.45, 2.75) is 31.9 Å². The lowest BCUT2D eigenvalue weighted by molar-refractivity contribution is 0.145. The summed E-state index contributed by atoms with van der Waals surface area (Å²) >= 11 is 0. The molecule has 1 saturated heterocycles. The molecule has 0 saturated carbocycles. The lowest BCUT2D eigenvalue weighted by Crippen LogP contribution is -2.36.